The van der Waals surface area contributed by atoms with Crippen LogP contribution in [0.4, 0.5) is 5.00 Å². The molecule has 1 amide bonds. The zero-order valence-electron chi connectivity index (χ0n) is 9.58. The van der Waals surface area contributed by atoms with E-state index in [-0.39, 0.29) is 15.7 Å². The molecule has 2 rings (SSSR count). The molecule has 1 aromatic heterocycles. The van der Waals surface area contributed by atoms with Crippen LogP contribution >= 0.6 is 11.3 Å². The van der Waals surface area contributed by atoms with E-state index >= 15 is 0 Å². The van der Waals surface area contributed by atoms with Crippen LogP contribution in [-0.2, 0) is 14.6 Å². The molecule has 0 radical (unpaired) electrons. The SMILES string of the molecule is CC(=O)Nc1sccc1S(=O)(=O)c1ccccc1. The molecule has 4 nitrogen and oxygen atoms in total. The normalized spacial score (nSPS) is 11.2. The predicted octanol–water partition coefficient (Wildman–Crippen LogP) is 2.54. The second kappa shape index (κ2) is 4.91. The van der Waals surface area contributed by atoms with Crippen molar-refractivity contribution in [3.63, 3.8) is 0 Å². The van der Waals surface area contributed by atoms with Crippen molar-refractivity contribution in [2.24, 2.45) is 0 Å². The first-order valence-corrected chi connectivity index (χ1v) is 7.53. The van der Waals surface area contributed by atoms with Crippen molar-refractivity contribution in [1.82, 2.24) is 0 Å². The lowest BCUT2D eigenvalue weighted by molar-refractivity contribution is -0.114. The Morgan fingerprint density at radius 3 is 2.44 bits per heavy atom. The predicted molar refractivity (Wildman–Crippen MR) is 70.5 cm³/mol. The largest absolute Gasteiger partial charge is 0.317 e. The van der Waals surface area contributed by atoms with Crippen molar-refractivity contribution in [1.29, 1.82) is 0 Å². The van der Waals surface area contributed by atoms with Gasteiger partial charge in [0.05, 0.1) is 4.90 Å². The third kappa shape index (κ3) is 2.44. The number of carbonyl (C=O) groups excluding carboxylic acids is 1. The first-order valence-electron chi connectivity index (χ1n) is 5.17. The molecule has 0 fully saturated rings. The van der Waals surface area contributed by atoms with E-state index in [0.717, 1.165) is 0 Å². The smallest absolute Gasteiger partial charge is 0.221 e. The fourth-order valence-electron chi connectivity index (χ4n) is 1.49. The summed E-state index contributed by atoms with van der Waals surface area (Å²) in [7, 11) is -3.58. The molecule has 1 N–H and O–H groups in total. The molecule has 18 heavy (non-hydrogen) atoms. The minimum atomic E-state index is -3.58. The molecule has 0 atom stereocenters. The number of thiophene rings is 1. The van der Waals surface area contributed by atoms with E-state index < -0.39 is 9.84 Å². The third-order valence-corrected chi connectivity index (χ3v) is 5.03. The number of hydrogen-bond acceptors (Lipinski definition) is 4. The number of hydrogen-bond donors (Lipinski definition) is 1. The number of nitrogens with one attached hydrogen (secondary N) is 1. The summed E-state index contributed by atoms with van der Waals surface area (Å²) in [4.78, 5) is 11.4. The van der Waals surface area contributed by atoms with Gasteiger partial charge < -0.3 is 5.32 Å². The minimum absolute atomic E-state index is 0.133. The van der Waals surface area contributed by atoms with Crippen LogP contribution in [0.25, 0.3) is 0 Å². The second-order valence-electron chi connectivity index (χ2n) is 3.61. The molecule has 0 unspecified atom stereocenters. The van der Waals surface area contributed by atoms with E-state index in [1.165, 1.54) is 36.5 Å². The topological polar surface area (TPSA) is 63.2 Å². The Bertz CT molecular complexity index is 660. The third-order valence-electron chi connectivity index (χ3n) is 2.26. The van der Waals surface area contributed by atoms with Crippen molar-refractivity contribution in [2.45, 2.75) is 16.7 Å². The zero-order chi connectivity index (χ0) is 13.2. The summed E-state index contributed by atoms with van der Waals surface area (Å²) in [5.74, 6) is -0.290. The highest BCUT2D eigenvalue weighted by Gasteiger charge is 2.22. The Kier molecular flexibility index (Phi) is 3.49. The summed E-state index contributed by atoms with van der Waals surface area (Å²) in [5.41, 5.74) is 0. The Morgan fingerprint density at radius 1 is 1.17 bits per heavy atom. The maximum atomic E-state index is 12.4. The van der Waals surface area contributed by atoms with Crippen LogP contribution < -0.4 is 5.32 Å². The Balaban J connectivity index is 2.49. The van der Waals surface area contributed by atoms with Gasteiger partial charge in [0, 0.05) is 6.92 Å². The lowest BCUT2D eigenvalue weighted by Gasteiger charge is -2.05. The van der Waals surface area contributed by atoms with Crippen molar-refractivity contribution in [3.05, 3.63) is 41.8 Å². The summed E-state index contributed by atoms with van der Waals surface area (Å²) in [6, 6.07) is 9.64. The van der Waals surface area contributed by atoms with Gasteiger partial charge in [-0.15, -0.1) is 11.3 Å². The van der Waals surface area contributed by atoms with E-state index in [2.05, 4.69) is 5.32 Å². The fourth-order valence-corrected chi connectivity index (χ4v) is 4.09. The number of carbonyl (C=O) groups is 1. The van der Waals surface area contributed by atoms with E-state index in [1.54, 1.807) is 23.6 Å². The summed E-state index contributed by atoms with van der Waals surface area (Å²) in [5, 5.41) is 4.52. The van der Waals surface area contributed by atoms with Gasteiger partial charge in [0.15, 0.2) is 0 Å². The number of sulfone groups is 1. The van der Waals surface area contributed by atoms with Crippen molar-refractivity contribution >= 4 is 32.1 Å². The molecule has 0 saturated carbocycles. The monoisotopic (exact) mass is 281 g/mol. The van der Waals surface area contributed by atoms with Crippen LogP contribution in [0.3, 0.4) is 0 Å². The standard InChI is InChI=1S/C12H11NO3S2/c1-9(14)13-12-11(7-8-17-12)18(15,16)10-5-3-2-4-6-10/h2-8H,1H3,(H,13,14). The molecule has 0 aliphatic carbocycles. The van der Waals surface area contributed by atoms with Crippen LogP contribution in [0.15, 0.2) is 51.6 Å². The summed E-state index contributed by atoms with van der Waals surface area (Å²) in [6.45, 7) is 1.35. The van der Waals surface area contributed by atoms with Crippen LogP contribution in [-0.4, -0.2) is 14.3 Å². The number of benzene rings is 1. The van der Waals surface area contributed by atoms with Gasteiger partial charge in [-0.2, -0.15) is 0 Å². The van der Waals surface area contributed by atoms with Gasteiger partial charge in [0.2, 0.25) is 15.7 Å². The first-order chi connectivity index (χ1) is 8.51. The van der Waals surface area contributed by atoms with Crippen molar-refractivity contribution < 1.29 is 13.2 Å². The molecule has 94 valence electrons. The van der Waals surface area contributed by atoms with E-state index in [1.807, 2.05) is 0 Å². The maximum Gasteiger partial charge on any atom is 0.221 e. The zero-order valence-corrected chi connectivity index (χ0v) is 11.2. The Labute approximate surface area is 109 Å². The van der Waals surface area contributed by atoms with Crippen LogP contribution in [0, 0.1) is 0 Å². The van der Waals surface area contributed by atoms with Crippen LogP contribution in [0.1, 0.15) is 6.92 Å². The highest BCUT2D eigenvalue weighted by molar-refractivity contribution is 7.91. The molecule has 0 aliphatic rings. The number of amides is 1. The summed E-state index contributed by atoms with van der Waals surface area (Å²) in [6.07, 6.45) is 0. The highest BCUT2D eigenvalue weighted by atomic mass is 32.2. The van der Waals surface area contributed by atoms with Crippen LogP contribution in [0.2, 0.25) is 0 Å². The number of rotatable bonds is 3. The van der Waals surface area contributed by atoms with Gasteiger partial charge in [0.1, 0.15) is 9.90 Å². The van der Waals surface area contributed by atoms with E-state index in [4.69, 9.17) is 0 Å². The molecule has 2 aromatic rings. The first kappa shape index (κ1) is 12.8. The van der Waals surface area contributed by atoms with E-state index in [9.17, 15) is 13.2 Å². The molecule has 1 aromatic carbocycles. The molecule has 0 saturated heterocycles. The van der Waals surface area contributed by atoms with Crippen LogP contribution in [0.5, 0.6) is 0 Å². The van der Waals surface area contributed by atoms with E-state index in [0.29, 0.717) is 5.00 Å². The number of anilines is 1. The molecule has 1 heterocycles. The fraction of sp³-hybridized carbons (Fsp3) is 0.0833. The molecule has 6 heteroatoms. The van der Waals surface area contributed by atoms with Gasteiger partial charge in [-0.05, 0) is 23.6 Å². The van der Waals surface area contributed by atoms with Gasteiger partial charge in [-0.3, -0.25) is 4.79 Å². The Morgan fingerprint density at radius 2 is 1.83 bits per heavy atom. The summed E-state index contributed by atoms with van der Waals surface area (Å²) >= 11 is 1.19. The second-order valence-corrected chi connectivity index (χ2v) is 6.45. The molecule has 0 aliphatic heterocycles. The minimum Gasteiger partial charge on any atom is -0.317 e. The van der Waals surface area contributed by atoms with Gasteiger partial charge in [-0.25, -0.2) is 8.42 Å². The summed E-state index contributed by atoms with van der Waals surface area (Å²) < 4.78 is 24.7. The Hall–Kier alpha value is -1.66. The van der Waals surface area contributed by atoms with Gasteiger partial charge in [-0.1, -0.05) is 18.2 Å². The molecular weight excluding hydrogens is 270 g/mol. The lowest BCUT2D eigenvalue weighted by atomic mass is 10.4. The maximum absolute atomic E-state index is 12.4. The highest BCUT2D eigenvalue weighted by Crippen LogP contribution is 2.32. The lowest BCUT2D eigenvalue weighted by Crippen LogP contribution is -2.09. The quantitative estimate of drug-likeness (QED) is 0.940. The van der Waals surface area contributed by atoms with Crippen molar-refractivity contribution in [3.8, 4) is 0 Å². The van der Waals surface area contributed by atoms with Crippen molar-refractivity contribution in [2.75, 3.05) is 5.32 Å². The average molecular weight is 281 g/mol. The average Bonchev–Trinajstić information content (AvgIpc) is 2.78. The molecule has 0 spiro atoms. The molecule has 0 bridgehead atoms. The molecular formula is C12H11NO3S2. The van der Waals surface area contributed by atoms with Gasteiger partial charge >= 0.3 is 0 Å². The van der Waals surface area contributed by atoms with Gasteiger partial charge in [0.25, 0.3) is 0 Å².